The van der Waals surface area contributed by atoms with Gasteiger partial charge < -0.3 is 9.47 Å². The van der Waals surface area contributed by atoms with Gasteiger partial charge in [0.25, 0.3) is 0 Å². The molecule has 0 spiro atoms. The van der Waals surface area contributed by atoms with Gasteiger partial charge in [-0.3, -0.25) is 9.59 Å². The summed E-state index contributed by atoms with van der Waals surface area (Å²) in [5.74, 6) is -0.560. The average molecular weight is 248 g/mol. The highest BCUT2D eigenvalue weighted by Gasteiger charge is 2.27. The molecule has 0 aromatic heterocycles. The zero-order valence-electron chi connectivity index (χ0n) is 10.3. The number of carbonyl (C=O) groups excluding carboxylic acids is 2. The second-order valence-corrected chi connectivity index (χ2v) is 4.26. The number of carbonyl (C=O) groups is 2. The molecule has 18 heavy (non-hydrogen) atoms. The molecular formula is C14H16O4. The van der Waals surface area contributed by atoms with Crippen LogP contribution in [0.4, 0.5) is 0 Å². The van der Waals surface area contributed by atoms with Crippen LogP contribution in [0.25, 0.3) is 0 Å². The number of aryl methyl sites for hydroxylation is 1. The quantitative estimate of drug-likeness (QED) is 0.598. The van der Waals surface area contributed by atoms with Gasteiger partial charge in [0.2, 0.25) is 5.78 Å². The molecule has 1 aromatic carbocycles. The summed E-state index contributed by atoms with van der Waals surface area (Å²) in [7, 11) is 0. The van der Waals surface area contributed by atoms with Crippen LogP contribution in [0.3, 0.4) is 0 Å². The number of ether oxygens (including phenoxy) is 2. The van der Waals surface area contributed by atoms with E-state index in [0.29, 0.717) is 6.61 Å². The fraction of sp³-hybridized carbons (Fsp3) is 0.429. The van der Waals surface area contributed by atoms with E-state index in [2.05, 4.69) is 19.1 Å². The highest BCUT2D eigenvalue weighted by molar-refractivity contribution is 6.27. The number of hydrogen-bond acceptors (Lipinski definition) is 4. The summed E-state index contributed by atoms with van der Waals surface area (Å²) in [5.41, 5.74) is 2.30. The molecule has 1 fully saturated rings. The molecule has 1 aromatic rings. The van der Waals surface area contributed by atoms with E-state index in [1.807, 2.05) is 12.1 Å². The summed E-state index contributed by atoms with van der Waals surface area (Å²) in [6, 6.07) is 8.13. The van der Waals surface area contributed by atoms with Gasteiger partial charge in [0.05, 0.1) is 13.2 Å². The van der Waals surface area contributed by atoms with Gasteiger partial charge in [0.15, 0.2) is 6.29 Å². The van der Waals surface area contributed by atoms with Crippen molar-refractivity contribution >= 4 is 12.1 Å². The summed E-state index contributed by atoms with van der Waals surface area (Å²) >= 11 is 0. The van der Waals surface area contributed by atoms with Crippen molar-refractivity contribution in [3.8, 4) is 0 Å². The van der Waals surface area contributed by atoms with Gasteiger partial charge in [-0.25, -0.2) is 0 Å². The smallest absolute Gasteiger partial charge is 0.226 e. The fourth-order valence-electron chi connectivity index (χ4n) is 1.90. The number of benzene rings is 1. The van der Waals surface area contributed by atoms with Crippen LogP contribution in [0, 0.1) is 0 Å². The van der Waals surface area contributed by atoms with Gasteiger partial charge in [0, 0.05) is 0 Å². The maximum Gasteiger partial charge on any atom is 0.226 e. The van der Waals surface area contributed by atoms with Gasteiger partial charge in [-0.15, -0.1) is 0 Å². The number of ketones is 1. The van der Waals surface area contributed by atoms with Crippen LogP contribution in [0.5, 0.6) is 0 Å². The van der Waals surface area contributed by atoms with E-state index in [1.165, 1.54) is 5.56 Å². The minimum absolute atomic E-state index is 0.137. The van der Waals surface area contributed by atoms with E-state index >= 15 is 0 Å². The lowest BCUT2D eigenvalue weighted by atomic mass is 10.1. The Morgan fingerprint density at radius 3 is 2.50 bits per heavy atom. The lowest BCUT2D eigenvalue weighted by Crippen LogP contribution is -2.37. The number of Topliss-reactive ketones (excluding diaryl/α,β-unsaturated/α-hetero) is 1. The Bertz CT molecular complexity index is 416. The van der Waals surface area contributed by atoms with E-state index in [4.69, 9.17) is 9.47 Å². The van der Waals surface area contributed by atoms with E-state index in [9.17, 15) is 9.59 Å². The highest BCUT2D eigenvalue weighted by atomic mass is 16.6. The minimum Gasteiger partial charge on any atom is -0.368 e. The first-order valence-corrected chi connectivity index (χ1v) is 6.05. The first kappa shape index (κ1) is 12.9. The molecule has 2 unspecified atom stereocenters. The summed E-state index contributed by atoms with van der Waals surface area (Å²) in [6.45, 7) is 2.54. The molecule has 0 aliphatic carbocycles. The van der Waals surface area contributed by atoms with E-state index in [1.54, 1.807) is 0 Å². The molecule has 96 valence electrons. The maximum absolute atomic E-state index is 11.1. The monoisotopic (exact) mass is 248 g/mol. The molecule has 0 amide bonds. The molecule has 0 bridgehead atoms. The van der Waals surface area contributed by atoms with Crippen molar-refractivity contribution in [2.24, 2.45) is 0 Å². The second kappa shape index (κ2) is 5.89. The molecule has 1 aliphatic rings. The van der Waals surface area contributed by atoms with Crippen LogP contribution < -0.4 is 0 Å². The SMILES string of the molecule is CCc1ccc(C2COC(C(=O)C=O)CO2)cc1. The van der Waals surface area contributed by atoms with Crippen LogP contribution in [-0.4, -0.2) is 31.4 Å². The number of aldehydes is 1. The van der Waals surface area contributed by atoms with E-state index in [0.717, 1.165) is 12.0 Å². The predicted octanol–water partition coefficient (Wildman–Crippen LogP) is 1.47. The van der Waals surface area contributed by atoms with Crippen LogP contribution >= 0.6 is 0 Å². The summed E-state index contributed by atoms with van der Waals surface area (Å²) in [6.07, 6.45) is 0.378. The maximum atomic E-state index is 11.1. The summed E-state index contributed by atoms with van der Waals surface area (Å²) in [4.78, 5) is 21.5. The molecular weight excluding hydrogens is 232 g/mol. The molecule has 4 heteroatoms. The van der Waals surface area contributed by atoms with Gasteiger partial charge in [-0.1, -0.05) is 31.2 Å². The van der Waals surface area contributed by atoms with Gasteiger partial charge in [-0.2, -0.15) is 0 Å². The Hall–Kier alpha value is -1.52. The number of rotatable bonds is 4. The van der Waals surface area contributed by atoms with Crippen molar-refractivity contribution in [1.82, 2.24) is 0 Å². The third-order valence-electron chi connectivity index (χ3n) is 3.09. The first-order chi connectivity index (χ1) is 8.74. The second-order valence-electron chi connectivity index (χ2n) is 4.26. The third-order valence-corrected chi connectivity index (χ3v) is 3.09. The molecule has 4 nitrogen and oxygen atoms in total. The topological polar surface area (TPSA) is 52.6 Å². The Balaban J connectivity index is 1.96. The van der Waals surface area contributed by atoms with Crippen molar-refractivity contribution in [3.05, 3.63) is 35.4 Å². The zero-order chi connectivity index (χ0) is 13.0. The molecule has 1 heterocycles. The van der Waals surface area contributed by atoms with Gasteiger partial charge in [0.1, 0.15) is 12.2 Å². The Morgan fingerprint density at radius 2 is 2.00 bits per heavy atom. The lowest BCUT2D eigenvalue weighted by molar-refractivity contribution is -0.161. The predicted molar refractivity (Wildman–Crippen MR) is 65.3 cm³/mol. The van der Waals surface area contributed by atoms with Crippen molar-refractivity contribution in [2.45, 2.75) is 25.6 Å². The molecule has 2 rings (SSSR count). The number of hydrogen-bond donors (Lipinski definition) is 0. The molecule has 1 saturated heterocycles. The largest absolute Gasteiger partial charge is 0.368 e. The first-order valence-electron chi connectivity index (χ1n) is 6.05. The zero-order valence-corrected chi connectivity index (χ0v) is 10.3. The molecule has 1 aliphatic heterocycles. The van der Waals surface area contributed by atoms with Crippen molar-refractivity contribution in [1.29, 1.82) is 0 Å². The Morgan fingerprint density at radius 1 is 1.28 bits per heavy atom. The normalized spacial score (nSPS) is 23.6. The molecule has 0 saturated carbocycles. The van der Waals surface area contributed by atoms with Crippen LogP contribution in [0.1, 0.15) is 24.2 Å². The van der Waals surface area contributed by atoms with Crippen LogP contribution in [0.2, 0.25) is 0 Å². The Labute approximate surface area is 106 Å². The average Bonchev–Trinajstić information content (AvgIpc) is 2.47. The molecule has 2 atom stereocenters. The summed E-state index contributed by atoms with van der Waals surface area (Å²) < 4.78 is 10.9. The highest BCUT2D eigenvalue weighted by Crippen LogP contribution is 2.23. The van der Waals surface area contributed by atoms with E-state index < -0.39 is 11.9 Å². The van der Waals surface area contributed by atoms with Crippen LogP contribution in [-0.2, 0) is 25.5 Å². The fourth-order valence-corrected chi connectivity index (χ4v) is 1.90. The van der Waals surface area contributed by atoms with E-state index in [-0.39, 0.29) is 19.0 Å². The van der Waals surface area contributed by atoms with Crippen LogP contribution in [0.15, 0.2) is 24.3 Å². The standard InChI is InChI=1S/C14H16O4/c1-2-10-3-5-11(6-4-10)13-8-18-14(9-17-13)12(16)7-15/h3-7,13-14H,2,8-9H2,1H3. The van der Waals surface area contributed by atoms with Crippen molar-refractivity contribution in [3.63, 3.8) is 0 Å². The van der Waals surface area contributed by atoms with Crippen molar-refractivity contribution < 1.29 is 19.1 Å². The minimum atomic E-state index is -0.742. The molecule has 0 N–H and O–H groups in total. The Kier molecular flexibility index (Phi) is 4.23. The lowest BCUT2D eigenvalue weighted by Gasteiger charge is -2.28. The summed E-state index contributed by atoms with van der Waals surface area (Å²) in [5, 5.41) is 0. The molecule has 0 radical (unpaired) electrons. The van der Waals surface area contributed by atoms with Crippen molar-refractivity contribution in [2.75, 3.05) is 13.2 Å². The third kappa shape index (κ3) is 2.83. The van der Waals surface area contributed by atoms with Gasteiger partial charge in [-0.05, 0) is 17.5 Å². The van der Waals surface area contributed by atoms with Gasteiger partial charge >= 0.3 is 0 Å².